The number of alkyl halides is 3. The molecule has 1 saturated heterocycles. The van der Waals surface area contributed by atoms with Crippen LogP contribution in [-0.4, -0.2) is 25.0 Å². The first kappa shape index (κ1) is 12.6. The molecule has 0 radical (unpaired) electrons. The van der Waals surface area contributed by atoms with Gasteiger partial charge in [0.1, 0.15) is 5.41 Å². The Morgan fingerprint density at radius 1 is 1.53 bits per heavy atom. The van der Waals surface area contributed by atoms with Crippen molar-refractivity contribution < 1.29 is 18.0 Å². The lowest BCUT2D eigenvalue weighted by atomic mass is 9.80. The fourth-order valence-corrected chi connectivity index (χ4v) is 3.04. The molecule has 0 aliphatic carbocycles. The first-order valence-electron chi connectivity index (χ1n) is 5.25. The van der Waals surface area contributed by atoms with Crippen LogP contribution in [-0.2, 0) is 0 Å². The van der Waals surface area contributed by atoms with Gasteiger partial charge in [0.15, 0.2) is 5.78 Å². The Kier molecular flexibility index (Phi) is 3.03. The summed E-state index contributed by atoms with van der Waals surface area (Å²) in [4.78, 5) is 12.4. The number of carbonyl (C=O) groups is 1. The van der Waals surface area contributed by atoms with Crippen LogP contribution in [0.3, 0.4) is 0 Å². The largest absolute Gasteiger partial charge is 0.402 e. The average molecular weight is 263 g/mol. The summed E-state index contributed by atoms with van der Waals surface area (Å²) < 4.78 is 39.4. The molecule has 1 aromatic rings. The molecule has 1 aliphatic rings. The van der Waals surface area contributed by atoms with Crippen molar-refractivity contribution in [1.82, 2.24) is 5.32 Å². The average Bonchev–Trinajstić information content (AvgIpc) is 2.83. The summed E-state index contributed by atoms with van der Waals surface area (Å²) in [5.74, 6) is -0.789. The second-order valence-corrected chi connectivity index (χ2v) is 5.18. The maximum absolute atomic E-state index is 13.1. The predicted octanol–water partition coefficient (Wildman–Crippen LogP) is 2.78. The summed E-state index contributed by atoms with van der Waals surface area (Å²) in [6.07, 6.45) is -4.67. The number of ketones is 1. The van der Waals surface area contributed by atoms with Crippen LogP contribution in [0.15, 0.2) is 11.4 Å². The van der Waals surface area contributed by atoms with E-state index in [0.29, 0.717) is 5.56 Å². The molecule has 0 saturated carbocycles. The Bertz CT molecular complexity index is 432. The molecule has 1 aromatic heterocycles. The van der Waals surface area contributed by atoms with Gasteiger partial charge in [-0.2, -0.15) is 13.2 Å². The molecular weight excluding hydrogens is 251 g/mol. The molecule has 1 aliphatic heterocycles. The highest BCUT2D eigenvalue weighted by molar-refractivity contribution is 7.12. The van der Waals surface area contributed by atoms with Crippen LogP contribution in [0.5, 0.6) is 0 Å². The molecule has 1 N–H and O–H groups in total. The van der Waals surface area contributed by atoms with E-state index in [1.54, 1.807) is 18.4 Å². The zero-order valence-corrected chi connectivity index (χ0v) is 10.0. The number of halogens is 3. The summed E-state index contributed by atoms with van der Waals surface area (Å²) >= 11 is 1.08. The lowest BCUT2D eigenvalue weighted by molar-refractivity contribution is -0.197. The van der Waals surface area contributed by atoms with Crippen LogP contribution in [0.2, 0.25) is 0 Å². The van der Waals surface area contributed by atoms with E-state index >= 15 is 0 Å². The van der Waals surface area contributed by atoms with E-state index in [1.807, 2.05) is 0 Å². The molecule has 0 bridgehead atoms. The molecule has 1 atom stereocenters. The van der Waals surface area contributed by atoms with Crippen molar-refractivity contribution in [2.24, 2.45) is 5.41 Å². The molecule has 0 spiro atoms. The number of carbonyl (C=O) groups excluding carboxylic acids is 1. The Morgan fingerprint density at radius 2 is 2.24 bits per heavy atom. The smallest absolute Gasteiger partial charge is 0.315 e. The minimum Gasteiger partial charge on any atom is -0.315 e. The molecule has 2 rings (SSSR count). The maximum atomic E-state index is 13.1. The molecule has 2 nitrogen and oxygen atoms in total. The van der Waals surface area contributed by atoms with Crippen molar-refractivity contribution in [3.05, 3.63) is 21.9 Å². The van der Waals surface area contributed by atoms with Crippen molar-refractivity contribution >= 4 is 17.1 Å². The van der Waals surface area contributed by atoms with Crippen molar-refractivity contribution in [2.45, 2.75) is 19.5 Å². The highest BCUT2D eigenvalue weighted by atomic mass is 32.1. The number of thiophene rings is 1. The van der Waals surface area contributed by atoms with E-state index in [-0.39, 0.29) is 24.4 Å². The van der Waals surface area contributed by atoms with Crippen LogP contribution in [0.4, 0.5) is 13.2 Å². The van der Waals surface area contributed by atoms with E-state index in [2.05, 4.69) is 5.32 Å². The third-order valence-corrected chi connectivity index (χ3v) is 4.22. The molecule has 17 heavy (non-hydrogen) atoms. The predicted molar refractivity (Wildman–Crippen MR) is 59.4 cm³/mol. The van der Waals surface area contributed by atoms with Gasteiger partial charge in [0.05, 0.1) is 4.88 Å². The number of nitrogens with one attached hydrogen (secondary N) is 1. The van der Waals surface area contributed by atoms with Crippen LogP contribution in [0, 0.1) is 12.3 Å². The molecule has 0 amide bonds. The van der Waals surface area contributed by atoms with E-state index < -0.39 is 17.4 Å². The van der Waals surface area contributed by atoms with Crippen LogP contribution >= 0.6 is 11.3 Å². The topological polar surface area (TPSA) is 29.1 Å². The fraction of sp³-hybridized carbons (Fsp3) is 0.545. The number of hydrogen-bond donors (Lipinski definition) is 1. The number of Topliss-reactive ketones (excluding diaryl/α,β-unsaturated/α-hetero) is 1. The standard InChI is InChI=1S/C11H12F3NOS/c1-7-2-5-17-8(7)9(16)10(11(12,13)14)3-4-15-6-10/h2,5,15H,3-4,6H2,1H3. The van der Waals surface area contributed by atoms with Gasteiger partial charge in [-0.15, -0.1) is 11.3 Å². The first-order chi connectivity index (χ1) is 7.88. The molecule has 1 fully saturated rings. The van der Waals surface area contributed by atoms with Gasteiger partial charge >= 0.3 is 6.18 Å². The van der Waals surface area contributed by atoms with Gasteiger partial charge in [0.25, 0.3) is 0 Å². The number of aryl methyl sites for hydroxylation is 1. The van der Waals surface area contributed by atoms with Crippen LogP contribution in [0.1, 0.15) is 21.7 Å². The normalized spacial score (nSPS) is 25.2. The van der Waals surface area contributed by atoms with Crippen molar-refractivity contribution in [1.29, 1.82) is 0 Å². The highest BCUT2D eigenvalue weighted by Crippen LogP contribution is 2.46. The molecule has 6 heteroatoms. The number of rotatable bonds is 2. The van der Waals surface area contributed by atoms with Crippen molar-refractivity contribution in [3.63, 3.8) is 0 Å². The SMILES string of the molecule is Cc1ccsc1C(=O)C1(C(F)(F)F)CCNC1. The minimum absolute atomic E-state index is 0.174. The summed E-state index contributed by atoms with van der Waals surface area (Å²) in [5.41, 5.74) is -1.61. The van der Waals surface area contributed by atoms with E-state index in [0.717, 1.165) is 11.3 Å². The zero-order valence-electron chi connectivity index (χ0n) is 9.23. The van der Waals surface area contributed by atoms with Crippen molar-refractivity contribution in [2.75, 3.05) is 13.1 Å². The quantitative estimate of drug-likeness (QED) is 0.831. The summed E-state index contributed by atoms with van der Waals surface area (Å²) in [7, 11) is 0. The van der Waals surface area contributed by atoms with Gasteiger partial charge < -0.3 is 5.32 Å². The Morgan fingerprint density at radius 3 is 2.65 bits per heavy atom. The minimum atomic E-state index is -4.50. The molecular formula is C11H12F3NOS. The maximum Gasteiger partial charge on any atom is 0.402 e. The fourth-order valence-electron chi connectivity index (χ4n) is 2.08. The van der Waals surface area contributed by atoms with Gasteiger partial charge in [-0.3, -0.25) is 4.79 Å². The van der Waals surface area contributed by atoms with Crippen LogP contribution < -0.4 is 5.32 Å². The van der Waals surface area contributed by atoms with Crippen molar-refractivity contribution in [3.8, 4) is 0 Å². The lowest BCUT2D eigenvalue weighted by Gasteiger charge is -2.29. The Labute approximate surface area is 101 Å². The van der Waals surface area contributed by atoms with E-state index in [1.165, 1.54) is 0 Å². The van der Waals surface area contributed by atoms with E-state index in [4.69, 9.17) is 0 Å². The van der Waals surface area contributed by atoms with Gasteiger partial charge in [-0.25, -0.2) is 0 Å². The molecule has 2 heterocycles. The monoisotopic (exact) mass is 263 g/mol. The summed E-state index contributed by atoms with van der Waals surface area (Å²) in [5, 5.41) is 4.29. The van der Waals surface area contributed by atoms with Gasteiger partial charge in [-0.1, -0.05) is 0 Å². The second-order valence-electron chi connectivity index (χ2n) is 4.27. The molecule has 1 unspecified atom stereocenters. The Balaban J connectivity index is 2.42. The number of hydrogen-bond acceptors (Lipinski definition) is 3. The van der Waals surface area contributed by atoms with Crippen LogP contribution in [0.25, 0.3) is 0 Å². The third kappa shape index (κ3) is 1.89. The zero-order chi connectivity index (χ0) is 12.7. The second kappa shape index (κ2) is 4.10. The lowest BCUT2D eigenvalue weighted by Crippen LogP contribution is -2.46. The first-order valence-corrected chi connectivity index (χ1v) is 6.13. The summed E-state index contributed by atoms with van der Waals surface area (Å²) in [6, 6.07) is 1.67. The summed E-state index contributed by atoms with van der Waals surface area (Å²) in [6.45, 7) is 1.58. The Hall–Kier alpha value is -0.880. The van der Waals surface area contributed by atoms with E-state index in [9.17, 15) is 18.0 Å². The van der Waals surface area contributed by atoms with Gasteiger partial charge in [0.2, 0.25) is 0 Å². The van der Waals surface area contributed by atoms with Gasteiger partial charge in [0, 0.05) is 6.54 Å². The molecule has 0 aromatic carbocycles. The highest BCUT2D eigenvalue weighted by Gasteiger charge is 2.61. The van der Waals surface area contributed by atoms with Gasteiger partial charge in [-0.05, 0) is 36.9 Å². The molecule has 94 valence electrons. The third-order valence-electron chi connectivity index (χ3n) is 3.20.